The molecule has 220 valence electrons. The second kappa shape index (κ2) is 12.2. The molecule has 0 spiro atoms. The van der Waals surface area contributed by atoms with Crippen LogP contribution in [0, 0.1) is 17.8 Å². The number of ether oxygens (including phenoxy) is 2. The number of nitrogens with two attached hydrogens (primary N) is 1. The van der Waals surface area contributed by atoms with Crippen LogP contribution in [0.2, 0.25) is 0 Å². The quantitative estimate of drug-likeness (QED) is 0.248. The van der Waals surface area contributed by atoms with Crippen LogP contribution in [-0.4, -0.2) is 69.1 Å². The molecule has 4 aromatic rings. The monoisotopic (exact) mass is 576 g/mol. The average molecular weight is 577 g/mol. The Hall–Kier alpha value is -4.81. The number of benzene rings is 2. The van der Waals surface area contributed by atoms with Gasteiger partial charge in [0, 0.05) is 50.7 Å². The van der Waals surface area contributed by atoms with E-state index in [-0.39, 0.29) is 11.8 Å². The molecule has 4 heterocycles. The van der Waals surface area contributed by atoms with Crippen molar-refractivity contribution in [3.05, 3.63) is 73.2 Å². The minimum Gasteiger partial charge on any atom is -0.490 e. The summed E-state index contributed by atoms with van der Waals surface area (Å²) < 4.78 is 14.2. The number of aryl methyl sites for hydroxylation is 1. The van der Waals surface area contributed by atoms with E-state index in [1.54, 1.807) is 0 Å². The van der Waals surface area contributed by atoms with Crippen LogP contribution in [0.5, 0.6) is 17.2 Å². The molecule has 43 heavy (non-hydrogen) atoms. The minimum absolute atomic E-state index is 0.0219. The third kappa shape index (κ3) is 5.66. The van der Waals surface area contributed by atoms with E-state index in [4.69, 9.17) is 15.2 Å². The molecule has 1 amide bonds. The van der Waals surface area contributed by atoms with Gasteiger partial charge in [-0.2, -0.15) is 0 Å². The molecule has 2 aliphatic rings. The molecular formula is C34H36N6O3. The number of hydrogen-bond acceptors (Lipinski definition) is 7. The summed E-state index contributed by atoms with van der Waals surface area (Å²) in [4.78, 5) is 25.1. The molecule has 0 unspecified atom stereocenters. The van der Waals surface area contributed by atoms with E-state index >= 15 is 0 Å². The maximum Gasteiger partial charge on any atom is 0.245 e. The molecule has 0 atom stereocenters. The van der Waals surface area contributed by atoms with Gasteiger partial charge in [-0.15, -0.1) is 0 Å². The van der Waals surface area contributed by atoms with E-state index in [2.05, 4.69) is 33.3 Å². The number of rotatable bonds is 7. The smallest absolute Gasteiger partial charge is 0.245 e. The molecule has 2 fully saturated rings. The zero-order valence-electron chi connectivity index (χ0n) is 24.6. The lowest BCUT2D eigenvalue weighted by molar-refractivity contribution is -0.127. The Morgan fingerprint density at radius 1 is 1.12 bits per heavy atom. The Labute approximate surface area is 251 Å². The lowest BCUT2D eigenvalue weighted by atomic mass is 9.93. The maximum atomic E-state index is 11.9. The van der Waals surface area contributed by atoms with Crippen molar-refractivity contribution in [2.45, 2.75) is 25.8 Å². The predicted molar refractivity (Wildman–Crippen MR) is 168 cm³/mol. The van der Waals surface area contributed by atoms with E-state index in [1.807, 2.05) is 72.0 Å². The summed E-state index contributed by atoms with van der Waals surface area (Å²) in [7, 11) is 1.96. The zero-order valence-corrected chi connectivity index (χ0v) is 24.6. The van der Waals surface area contributed by atoms with E-state index in [0.717, 1.165) is 72.6 Å². The van der Waals surface area contributed by atoms with Crippen LogP contribution in [0.15, 0.2) is 67.5 Å². The number of aromatic nitrogens is 3. The first-order valence-electron chi connectivity index (χ1n) is 14.7. The second-order valence-corrected chi connectivity index (χ2v) is 10.9. The Bertz CT molecular complexity index is 1710. The second-order valence-electron chi connectivity index (χ2n) is 10.9. The van der Waals surface area contributed by atoms with Gasteiger partial charge in [0.2, 0.25) is 5.91 Å². The Balaban J connectivity index is 1.28. The topological polar surface area (TPSA) is 98.7 Å². The van der Waals surface area contributed by atoms with Gasteiger partial charge < -0.3 is 24.7 Å². The highest BCUT2D eigenvalue weighted by atomic mass is 16.5. The maximum absolute atomic E-state index is 11.9. The Morgan fingerprint density at radius 2 is 1.88 bits per heavy atom. The number of carbonyl (C=O) groups is 1. The van der Waals surface area contributed by atoms with Gasteiger partial charge in [0.05, 0.1) is 12.0 Å². The molecule has 9 heteroatoms. The number of fused-ring (bicyclic) bond motifs is 1. The lowest BCUT2D eigenvalue weighted by Crippen LogP contribution is -2.55. The molecule has 2 aromatic carbocycles. The van der Waals surface area contributed by atoms with Crippen molar-refractivity contribution in [1.29, 1.82) is 0 Å². The predicted octanol–water partition coefficient (Wildman–Crippen LogP) is 4.87. The van der Waals surface area contributed by atoms with Gasteiger partial charge in [-0.05, 0) is 61.6 Å². The van der Waals surface area contributed by atoms with E-state index in [1.165, 1.54) is 12.4 Å². The molecule has 2 N–H and O–H groups in total. The third-order valence-corrected chi connectivity index (χ3v) is 8.27. The van der Waals surface area contributed by atoms with E-state index in [0.29, 0.717) is 30.0 Å². The van der Waals surface area contributed by atoms with Crippen molar-refractivity contribution < 1.29 is 14.3 Å². The summed E-state index contributed by atoms with van der Waals surface area (Å²) in [6.07, 6.45) is 4.85. The number of nitrogens with zero attached hydrogens (tertiary/aromatic N) is 5. The third-order valence-electron chi connectivity index (χ3n) is 8.27. The van der Waals surface area contributed by atoms with Crippen molar-refractivity contribution in [1.82, 2.24) is 24.3 Å². The first-order chi connectivity index (χ1) is 21.0. The molecule has 0 radical (unpaired) electrons. The van der Waals surface area contributed by atoms with Gasteiger partial charge in [-0.25, -0.2) is 9.97 Å². The normalized spacial score (nSPS) is 15.9. The molecule has 0 bridgehead atoms. The van der Waals surface area contributed by atoms with Gasteiger partial charge in [-0.1, -0.05) is 36.8 Å². The summed E-state index contributed by atoms with van der Waals surface area (Å²) in [5.74, 6) is 9.69. The summed E-state index contributed by atoms with van der Waals surface area (Å²) in [6.45, 7) is 9.46. The first kappa shape index (κ1) is 28.3. The van der Waals surface area contributed by atoms with Gasteiger partial charge in [0.25, 0.3) is 0 Å². The number of likely N-dealkylation sites (tertiary alicyclic amines) is 2. The number of hydrogen-bond donors (Lipinski definition) is 1. The highest BCUT2D eigenvalue weighted by Crippen LogP contribution is 2.41. The van der Waals surface area contributed by atoms with Crippen LogP contribution >= 0.6 is 0 Å². The van der Waals surface area contributed by atoms with Crippen LogP contribution < -0.4 is 15.2 Å². The van der Waals surface area contributed by atoms with Crippen LogP contribution in [-0.2, 0) is 11.8 Å². The highest BCUT2D eigenvalue weighted by molar-refractivity contribution is 6.03. The molecule has 0 saturated carbocycles. The van der Waals surface area contributed by atoms with Crippen molar-refractivity contribution in [2.24, 2.45) is 13.0 Å². The zero-order chi connectivity index (χ0) is 29.9. The SMILES string of the molecule is C=CC(=O)N1CCC(N2CC(C#Cc3c(-c4ccc(Oc5ccccc5)c(OCC)c4)c4c(N)ncnc4n3C)C2)CC1. The van der Waals surface area contributed by atoms with Gasteiger partial charge in [0.15, 0.2) is 11.5 Å². The van der Waals surface area contributed by atoms with Crippen molar-refractivity contribution in [3.63, 3.8) is 0 Å². The van der Waals surface area contributed by atoms with Crippen LogP contribution in [0.3, 0.4) is 0 Å². The Morgan fingerprint density at radius 3 is 2.60 bits per heavy atom. The largest absolute Gasteiger partial charge is 0.490 e. The fourth-order valence-corrected chi connectivity index (χ4v) is 5.99. The summed E-state index contributed by atoms with van der Waals surface area (Å²) >= 11 is 0. The molecule has 2 aromatic heterocycles. The molecule has 2 saturated heterocycles. The molecular weight excluding hydrogens is 540 g/mol. The van der Waals surface area contributed by atoms with Gasteiger partial charge >= 0.3 is 0 Å². The van der Waals surface area contributed by atoms with Gasteiger partial charge in [0.1, 0.15) is 29.2 Å². The number of para-hydroxylation sites is 1. The summed E-state index contributed by atoms with van der Waals surface area (Å²) in [5, 5.41) is 0.768. The minimum atomic E-state index is 0.0219. The average Bonchev–Trinajstić information content (AvgIpc) is 3.30. The van der Waals surface area contributed by atoms with E-state index < -0.39 is 0 Å². The van der Waals surface area contributed by atoms with Crippen molar-refractivity contribution in [2.75, 3.05) is 38.5 Å². The van der Waals surface area contributed by atoms with E-state index in [9.17, 15) is 4.79 Å². The fourth-order valence-electron chi connectivity index (χ4n) is 5.99. The standard InChI is InChI=1S/C34H36N6O3/c1-4-30(41)39-17-15-25(16-18-39)40-20-23(21-40)11-13-27-31(32-33(35)36-22-37-34(32)38(27)3)24-12-14-28(29(19-24)42-5-2)43-26-9-7-6-8-10-26/h4,6-10,12,14,19,22-23,25H,1,5,15-18,20-21H2,2-3H3,(H2,35,36,37). The number of anilines is 1. The summed E-state index contributed by atoms with van der Waals surface area (Å²) in [6, 6.07) is 16.0. The van der Waals surface area contributed by atoms with Gasteiger partial charge in [-0.3, -0.25) is 9.69 Å². The molecule has 6 rings (SSSR count). The fraction of sp³-hybridized carbons (Fsp3) is 0.324. The molecule has 9 nitrogen and oxygen atoms in total. The molecule has 2 aliphatic heterocycles. The summed E-state index contributed by atoms with van der Waals surface area (Å²) in [5.41, 5.74) is 9.77. The highest BCUT2D eigenvalue weighted by Gasteiger charge is 2.34. The lowest BCUT2D eigenvalue weighted by Gasteiger charge is -2.45. The first-order valence-corrected chi connectivity index (χ1v) is 14.7. The van der Waals surface area contributed by atoms with Crippen molar-refractivity contribution >= 4 is 22.8 Å². The number of piperidine rings is 1. The molecule has 0 aliphatic carbocycles. The Kier molecular flexibility index (Phi) is 8.03. The van der Waals surface area contributed by atoms with Crippen LogP contribution in [0.25, 0.3) is 22.2 Å². The number of amides is 1. The van der Waals surface area contributed by atoms with Crippen LogP contribution in [0.1, 0.15) is 25.5 Å². The number of carbonyl (C=O) groups excluding carboxylic acids is 1. The van der Waals surface area contributed by atoms with Crippen LogP contribution in [0.4, 0.5) is 5.82 Å². The number of nitrogen functional groups attached to an aromatic ring is 1. The van der Waals surface area contributed by atoms with Crippen molar-refractivity contribution in [3.8, 4) is 40.2 Å².